The molecule has 0 heterocycles. The molecule has 1 amide bonds. The van der Waals surface area contributed by atoms with Gasteiger partial charge in [0.15, 0.2) is 0 Å². The first-order valence-electron chi connectivity index (χ1n) is 6.39. The Morgan fingerprint density at radius 3 is 2.10 bits per heavy atom. The molecule has 0 saturated carbocycles. The third-order valence-electron chi connectivity index (χ3n) is 1.81. The Balaban J connectivity index is 4.15. The highest BCUT2D eigenvalue weighted by molar-refractivity contribution is 5.87. The molecule has 1 atom stereocenters. The Bertz CT molecular complexity index is 358. The SMILES string of the molecule is CC(C)COC(=O)OC(=O)[C@@H](C)NC(=O)OC(C)(C)C. The summed E-state index contributed by atoms with van der Waals surface area (Å²) in [7, 11) is 0. The van der Waals surface area contributed by atoms with E-state index in [1.54, 1.807) is 20.8 Å². The average Bonchev–Trinajstić information content (AvgIpc) is 2.23. The summed E-state index contributed by atoms with van der Waals surface area (Å²) in [5, 5.41) is 2.26. The molecule has 20 heavy (non-hydrogen) atoms. The average molecular weight is 289 g/mol. The number of ether oxygens (including phenoxy) is 3. The van der Waals surface area contributed by atoms with Crippen molar-refractivity contribution in [3.05, 3.63) is 0 Å². The number of carbonyl (C=O) groups is 3. The monoisotopic (exact) mass is 289 g/mol. The molecule has 0 fully saturated rings. The summed E-state index contributed by atoms with van der Waals surface area (Å²) in [6.45, 7) is 10.3. The minimum absolute atomic E-state index is 0.134. The number of hydrogen-bond donors (Lipinski definition) is 1. The van der Waals surface area contributed by atoms with Crippen LogP contribution in [0.25, 0.3) is 0 Å². The molecule has 0 rings (SSSR count). The number of esters is 1. The molecule has 0 aliphatic rings. The molecular formula is C13H23NO6. The molecular weight excluding hydrogens is 266 g/mol. The maximum Gasteiger partial charge on any atom is 0.516 e. The predicted octanol–water partition coefficient (Wildman–Crippen LogP) is 2.24. The topological polar surface area (TPSA) is 90.9 Å². The van der Waals surface area contributed by atoms with Gasteiger partial charge in [-0.25, -0.2) is 14.4 Å². The van der Waals surface area contributed by atoms with Crippen LogP contribution in [0.5, 0.6) is 0 Å². The smallest absolute Gasteiger partial charge is 0.444 e. The summed E-state index contributed by atoms with van der Waals surface area (Å²) in [6.07, 6.45) is -1.85. The van der Waals surface area contributed by atoms with Gasteiger partial charge in [-0.2, -0.15) is 0 Å². The highest BCUT2D eigenvalue weighted by Gasteiger charge is 2.24. The van der Waals surface area contributed by atoms with Crippen LogP contribution in [0.1, 0.15) is 41.5 Å². The van der Waals surface area contributed by atoms with E-state index in [9.17, 15) is 14.4 Å². The first-order chi connectivity index (χ1) is 9.01. The summed E-state index contributed by atoms with van der Waals surface area (Å²) in [4.78, 5) is 34.1. The summed E-state index contributed by atoms with van der Waals surface area (Å²) in [5.74, 6) is -0.778. The second-order valence-electron chi connectivity index (χ2n) is 5.74. The second-order valence-corrected chi connectivity index (χ2v) is 5.74. The van der Waals surface area contributed by atoms with Gasteiger partial charge in [0.2, 0.25) is 0 Å². The molecule has 0 aliphatic heterocycles. The van der Waals surface area contributed by atoms with Gasteiger partial charge in [-0.3, -0.25) is 0 Å². The highest BCUT2D eigenvalue weighted by atomic mass is 16.7. The van der Waals surface area contributed by atoms with E-state index in [0.717, 1.165) is 0 Å². The lowest BCUT2D eigenvalue weighted by molar-refractivity contribution is -0.142. The normalized spacial score (nSPS) is 12.6. The van der Waals surface area contributed by atoms with Crippen LogP contribution >= 0.6 is 0 Å². The minimum atomic E-state index is -1.08. The Kier molecular flexibility index (Phi) is 7.02. The van der Waals surface area contributed by atoms with E-state index in [-0.39, 0.29) is 12.5 Å². The third-order valence-corrected chi connectivity index (χ3v) is 1.81. The van der Waals surface area contributed by atoms with Crippen LogP contribution in [0, 0.1) is 5.92 Å². The Hall–Kier alpha value is -1.79. The highest BCUT2D eigenvalue weighted by Crippen LogP contribution is 2.07. The fourth-order valence-electron chi connectivity index (χ4n) is 0.978. The van der Waals surface area contributed by atoms with Gasteiger partial charge in [0.1, 0.15) is 11.6 Å². The number of rotatable bonds is 4. The van der Waals surface area contributed by atoms with Crippen molar-refractivity contribution in [2.24, 2.45) is 5.92 Å². The molecule has 116 valence electrons. The van der Waals surface area contributed by atoms with Gasteiger partial charge < -0.3 is 19.5 Å². The zero-order valence-electron chi connectivity index (χ0n) is 12.8. The van der Waals surface area contributed by atoms with Gasteiger partial charge in [-0.15, -0.1) is 0 Å². The summed E-state index contributed by atoms with van der Waals surface area (Å²) < 4.78 is 14.1. The van der Waals surface area contributed by atoms with Crippen molar-refractivity contribution in [2.75, 3.05) is 6.61 Å². The Morgan fingerprint density at radius 1 is 1.10 bits per heavy atom. The van der Waals surface area contributed by atoms with Crippen LogP contribution in [0.15, 0.2) is 0 Å². The van der Waals surface area contributed by atoms with Gasteiger partial charge in [-0.05, 0) is 33.6 Å². The largest absolute Gasteiger partial charge is 0.516 e. The fourth-order valence-corrected chi connectivity index (χ4v) is 0.978. The van der Waals surface area contributed by atoms with E-state index >= 15 is 0 Å². The van der Waals surface area contributed by atoms with Crippen LogP contribution < -0.4 is 5.32 Å². The number of hydrogen-bond acceptors (Lipinski definition) is 6. The molecule has 7 nitrogen and oxygen atoms in total. The number of alkyl carbamates (subject to hydrolysis) is 1. The zero-order valence-corrected chi connectivity index (χ0v) is 12.8. The third kappa shape index (κ3) is 9.18. The van der Waals surface area contributed by atoms with Crippen molar-refractivity contribution in [1.29, 1.82) is 0 Å². The predicted molar refractivity (Wildman–Crippen MR) is 71.1 cm³/mol. The van der Waals surface area contributed by atoms with E-state index in [2.05, 4.69) is 14.8 Å². The Morgan fingerprint density at radius 2 is 1.65 bits per heavy atom. The first-order valence-corrected chi connectivity index (χ1v) is 6.39. The lowest BCUT2D eigenvalue weighted by atomic mass is 10.2. The summed E-state index contributed by atoms with van der Waals surface area (Å²) in [6, 6.07) is -1.02. The molecule has 0 bridgehead atoms. The molecule has 1 N–H and O–H groups in total. The van der Waals surface area contributed by atoms with Crippen molar-refractivity contribution in [3.63, 3.8) is 0 Å². The molecule has 0 aromatic heterocycles. The summed E-state index contributed by atoms with van der Waals surface area (Å²) in [5.41, 5.74) is -0.677. The van der Waals surface area contributed by atoms with Crippen molar-refractivity contribution in [1.82, 2.24) is 5.32 Å². The molecule has 0 saturated heterocycles. The number of carbonyl (C=O) groups excluding carboxylic acids is 3. The van der Waals surface area contributed by atoms with Crippen LogP contribution in [0.2, 0.25) is 0 Å². The van der Waals surface area contributed by atoms with Crippen LogP contribution in [-0.2, 0) is 19.0 Å². The first kappa shape index (κ1) is 18.2. The second kappa shape index (κ2) is 7.72. The van der Waals surface area contributed by atoms with Crippen molar-refractivity contribution in [2.45, 2.75) is 53.2 Å². The molecule has 7 heteroatoms. The standard InChI is InChI=1S/C13H23NO6/c1-8(2)7-18-12(17)19-10(15)9(3)14-11(16)20-13(4,5)6/h8-9H,7H2,1-6H3,(H,14,16)/t9-/m1/s1. The van der Waals surface area contributed by atoms with Gasteiger partial charge in [0.25, 0.3) is 0 Å². The van der Waals surface area contributed by atoms with Crippen molar-refractivity contribution >= 4 is 18.2 Å². The molecule has 0 unspecified atom stereocenters. The maximum atomic E-state index is 11.5. The molecule has 0 aromatic carbocycles. The summed E-state index contributed by atoms with van der Waals surface area (Å²) >= 11 is 0. The fraction of sp³-hybridized carbons (Fsp3) is 0.769. The maximum absolute atomic E-state index is 11.5. The quantitative estimate of drug-likeness (QED) is 0.630. The van der Waals surface area contributed by atoms with Gasteiger partial charge in [0, 0.05) is 0 Å². The molecule has 0 spiro atoms. The van der Waals surface area contributed by atoms with E-state index in [1.165, 1.54) is 6.92 Å². The van der Waals surface area contributed by atoms with Crippen LogP contribution in [0.4, 0.5) is 9.59 Å². The lowest BCUT2D eigenvalue weighted by Gasteiger charge is -2.21. The van der Waals surface area contributed by atoms with Gasteiger partial charge in [0.05, 0.1) is 6.61 Å². The van der Waals surface area contributed by atoms with E-state index in [4.69, 9.17) is 4.74 Å². The number of amides is 1. The molecule has 0 aromatic rings. The van der Waals surface area contributed by atoms with E-state index in [1.807, 2.05) is 13.8 Å². The van der Waals surface area contributed by atoms with Gasteiger partial charge >= 0.3 is 18.2 Å². The zero-order chi connectivity index (χ0) is 15.9. The Labute approximate surface area is 118 Å². The van der Waals surface area contributed by atoms with E-state index in [0.29, 0.717) is 0 Å². The number of nitrogens with one attached hydrogen (secondary N) is 1. The van der Waals surface area contributed by atoms with Crippen molar-refractivity contribution in [3.8, 4) is 0 Å². The van der Waals surface area contributed by atoms with Crippen LogP contribution in [-0.4, -0.2) is 36.5 Å². The molecule has 0 aliphatic carbocycles. The van der Waals surface area contributed by atoms with E-state index < -0.39 is 29.9 Å². The van der Waals surface area contributed by atoms with Gasteiger partial charge in [-0.1, -0.05) is 13.8 Å². The minimum Gasteiger partial charge on any atom is -0.444 e. The lowest BCUT2D eigenvalue weighted by Crippen LogP contribution is -2.43. The van der Waals surface area contributed by atoms with Crippen molar-refractivity contribution < 1.29 is 28.6 Å². The van der Waals surface area contributed by atoms with Crippen LogP contribution in [0.3, 0.4) is 0 Å². The molecule has 0 radical (unpaired) electrons.